The van der Waals surface area contributed by atoms with Crippen LogP contribution >= 0.6 is 0 Å². The minimum atomic E-state index is -4.53. The van der Waals surface area contributed by atoms with Crippen molar-refractivity contribution >= 4 is 11.9 Å². The number of amides is 1. The predicted molar refractivity (Wildman–Crippen MR) is 90.5 cm³/mol. The van der Waals surface area contributed by atoms with E-state index < -0.39 is 17.6 Å². The van der Waals surface area contributed by atoms with Gasteiger partial charge in [0.1, 0.15) is 0 Å². The molecule has 0 saturated carbocycles. The van der Waals surface area contributed by atoms with Gasteiger partial charge in [0.2, 0.25) is 0 Å². The topological polar surface area (TPSA) is 63.6 Å². The number of ether oxygens (including phenoxy) is 1. The molecular weight excluding hydrogens is 347 g/mol. The van der Waals surface area contributed by atoms with Crippen molar-refractivity contribution in [3.05, 3.63) is 65.5 Å². The normalized spacial score (nSPS) is 12.2. The van der Waals surface area contributed by atoms with Crippen LogP contribution in [0.25, 0.3) is 0 Å². The maximum absolute atomic E-state index is 12.8. The molecule has 2 rings (SSSR count). The lowest BCUT2D eigenvalue weighted by Crippen LogP contribution is -2.34. The number of nitrogens with zero attached hydrogens (tertiary/aromatic N) is 2. The van der Waals surface area contributed by atoms with Crippen LogP contribution in [0.5, 0.6) is 0 Å². The van der Waals surface area contributed by atoms with Crippen LogP contribution in [0.4, 0.5) is 13.2 Å². The molecule has 0 aliphatic carbocycles. The summed E-state index contributed by atoms with van der Waals surface area (Å²) >= 11 is 0. The van der Waals surface area contributed by atoms with Crippen molar-refractivity contribution in [3.63, 3.8) is 0 Å². The van der Waals surface area contributed by atoms with Crippen LogP contribution in [-0.4, -0.2) is 23.0 Å². The third kappa shape index (κ3) is 5.87. The highest BCUT2D eigenvalue weighted by molar-refractivity contribution is 6.04. The Hall–Kier alpha value is -2.90. The van der Waals surface area contributed by atoms with Gasteiger partial charge in [0.05, 0.1) is 23.9 Å². The fourth-order valence-corrected chi connectivity index (χ4v) is 1.98. The summed E-state index contributed by atoms with van der Waals surface area (Å²) in [5.74, 6) is -0.739. The number of aromatic nitrogens is 1. The van der Waals surface area contributed by atoms with Crippen LogP contribution < -0.4 is 5.32 Å². The average molecular weight is 365 g/mol. The third-order valence-electron chi connectivity index (χ3n) is 3.13. The minimum Gasteiger partial charge on any atom is -0.462 e. The number of amidine groups is 1. The van der Waals surface area contributed by atoms with E-state index in [1.807, 2.05) is 0 Å². The lowest BCUT2D eigenvalue weighted by molar-refractivity contribution is -0.137. The molecular formula is C18H18F3N3O2. The molecule has 138 valence electrons. The fourth-order valence-electron chi connectivity index (χ4n) is 1.98. The Balaban J connectivity index is 2.16. The average Bonchev–Trinajstić information content (AvgIpc) is 2.59. The third-order valence-corrected chi connectivity index (χ3v) is 3.13. The van der Waals surface area contributed by atoms with Crippen LogP contribution in [0, 0.1) is 0 Å². The Morgan fingerprint density at radius 3 is 2.62 bits per heavy atom. The quantitative estimate of drug-likeness (QED) is 0.662. The van der Waals surface area contributed by atoms with Gasteiger partial charge in [0.25, 0.3) is 11.9 Å². The second kappa shape index (κ2) is 8.46. The van der Waals surface area contributed by atoms with Crippen LogP contribution in [0.15, 0.2) is 53.7 Å². The van der Waals surface area contributed by atoms with Gasteiger partial charge in [-0.2, -0.15) is 13.2 Å². The van der Waals surface area contributed by atoms with Gasteiger partial charge in [-0.25, -0.2) is 4.99 Å². The Morgan fingerprint density at radius 2 is 2.00 bits per heavy atom. The van der Waals surface area contributed by atoms with E-state index in [9.17, 15) is 18.0 Å². The number of carbonyl (C=O) groups excluding carboxylic acids is 1. The molecule has 0 saturated heterocycles. The smallest absolute Gasteiger partial charge is 0.416 e. The van der Waals surface area contributed by atoms with Gasteiger partial charge in [-0.3, -0.25) is 15.1 Å². The summed E-state index contributed by atoms with van der Waals surface area (Å²) in [5, 5.41) is 2.41. The number of benzene rings is 1. The first-order chi connectivity index (χ1) is 12.3. The highest BCUT2D eigenvalue weighted by Crippen LogP contribution is 2.29. The molecule has 1 aromatic carbocycles. The van der Waals surface area contributed by atoms with E-state index in [1.54, 1.807) is 38.2 Å². The SMILES string of the molecule is CC(C)OC(=NCc1ccccn1)NC(=O)c1cccc(C(F)(F)F)c1. The number of alkyl halides is 3. The van der Waals surface area contributed by atoms with Crippen molar-refractivity contribution in [1.82, 2.24) is 10.3 Å². The summed E-state index contributed by atoms with van der Waals surface area (Å²) in [6, 6.07) is 9.37. The van der Waals surface area contributed by atoms with Gasteiger partial charge in [-0.15, -0.1) is 0 Å². The van der Waals surface area contributed by atoms with E-state index in [-0.39, 0.29) is 24.2 Å². The molecule has 1 aromatic heterocycles. The number of pyridine rings is 1. The molecule has 26 heavy (non-hydrogen) atoms. The number of rotatable bonds is 4. The number of hydrogen-bond donors (Lipinski definition) is 1. The number of halogens is 3. The van der Waals surface area contributed by atoms with E-state index in [2.05, 4.69) is 15.3 Å². The number of aliphatic imine (C=N–C) groups is 1. The van der Waals surface area contributed by atoms with Crippen LogP contribution in [0.2, 0.25) is 0 Å². The van der Waals surface area contributed by atoms with Crippen molar-refractivity contribution in [2.24, 2.45) is 4.99 Å². The monoisotopic (exact) mass is 365 g/mol. The van der Waals surface area contributed by atoms with Crippen molar-refractivity contribution < 1.29 is 22.7 Å². The molecule has 0 aliphatic rings. The maximum atomic E-state index is 12.8. The zero-order valence-corrected chi connectivity index (χ0v) is 14.2. The molecule has 0 bridgehead atoms. The Kier molecular flexibility index (Phi) is 6.32. The number of hydrogen-bond acceptors (Lipinski definition) is 4. The van der Waals surface area contributed by atoms with Crippen molar-refractivity contribution in [2.45, 2.75) is 32.7 Å². The van der Waals surface area contributed by atoms with Crippen molar-refractivity contribution in [3.8, 4) is 0 Å². The molecule has 0 radical (unpaired) electrons. The van der Waals surface area contributed by atoms with Gasteiger partial charge in [0, 0.05) is 11.8 Å². The molecule has 1 heterocycles. The highest BCUT2D eigenvalue weighted by atomic mass is 19.4. The molecule has 1 N–H and O–H groups in total. The zero-order chi connectivity index (χ0) is 19.2. The van der Waals surface area contributed by atoms with Gasteiger partial charge in [-0.1, -0.05) is 12.1 Å². The number of carbonyl (C=O) groups is 1. The van der Waals surface area contributed by atoms with Gasteiger partial charge < -0.3 is 4.74 Å². The van der Waals surface area contributed by atoms with Gasteiger partial charge in [0.15, 0.2) is 0 Å². The van der Waals surface area contributed by atoms with E-state index in [4.69, 9.17) is 4.74 Å². The Labute approximate surface area is 148 Å². The first-order valence-corrected chi connectivity index (χ1v) is 7.85. The largest absolute Gasteiger partial charge is 0.462 e. The molecule has 0 unspecified atom stereocenters. The summed E-state index contributed by atoms with van der Waals surface area (Å²) < 4.78 is 43.8. The standard InChI is InChI=1S/C18H18F3N3O2/c1-12(2)26-17(23-11-15-8-3-4-9-22-15)24-16(25)13-6-5-7-14(10-13)18(19,20)21/h3-10,12H,11H2,1-2H3,(H,23,24,25). The Morgan fingerprint density at radius 1 is 1.23 bits per heavy atom. The number of nitrogens with one attached hydrogen (secondary N) is 1. The zero-order valence-electron chi connectivity index (χ0n) is 14.2. The lowest BCUT2D eigenvalue weighted by Gasteiger charge is -2.14. The first-order valence-electron chi connectivity index (χ1n) is 7.85. The first kappa shape index (κ1) is 19.4. The van der Waals surface area contributed by atoms with E-state index in [0.29, 0.717) is 5.69 Å². The van der Waals surface area contributed by atoms with Crippen LogP contribution in [0.3, 0.4) is 0 Å². The summed E-state index contributed by atoms with van der Waals surface area (Å²) in [4.78, 5) is 20.5. The fraction of sp³-hybridized carbons (Fsp3) is 0.278. The molecule has 0 atom stereocenters. The highest BCUT2D eigenvalue weighted by Gasteiger charge is 2.31. The maximum Gasteiger partial charge on any atom is 0.416 e. The Bertz CT molecular complexity index is 775. The van der Waals surface area contributed by atoms with E-state index in [0.717, 1.165) is 12.1 Å². The second-order valence-electron chi connectivity index (χ2n) is 5.64. The molecule has 0 spiro atoms. The van der Waals surface area contributed by atoms with Crippen LogP contribution in [-0.2, 0) is 17.5 Å². The van der Waals surface area contributed by atoms with Crippen molar-refractivity contribution in [2.75, 3.05) is 0 Å². The summed E-state index contributed by atoms with van der Waals surface area (Å²) in [5.41, 5.74) is -0.384. The van der Waals surface area contributed by atoms with E-state index >= 15 is 0 Å². The molecule has 1 amide bonds. The minimum absolute atomic E-state index is 0.0759. The lowest BCUT2D eigenvalue weighted by atomic mass is 10.1. The summed E-state index contributed by atoms with van der Waals surface area (Å²) in [6.07, 6.45) is -3.20. The molecule has 0 aliphatic heterocycles. The van der Waals surface area contributed by atoms with Crippen molar-refractivity contribution in [1.29, 1.82) is 0 Å². The predicted octanol–water partition coefficient (Wildman–Crippen LogP) is 3.81. The van der Waals surface area contributed by atoms with Gasteiger partial charge >= 0.3 is 6.18 Å². The summed E-state index contributed by atoms with van der Waals surface area (Å²) in [7, 11) is 0. The summed E-state index contributed by atoms with van der Waals surface area (Å²) in [6.45, 7) is 3.64. The molecule has 0 fully saturated rings. The molecule has 5 nitrogen and oxygen atoms in total. The van der Waals surface area contributed by atoms with Gasteiger partial charge in [-0.05, 0) is 44.2 Å². The van der Waals surface area contributed by atoms with Crippen LogP contribution in [0.1, 0.15) is 35.5 Å². The second-order valence-corrected chi connectivity index (χ2v) is 5.64. The molecule has 8 heteroatoms. The van der Waals surface area contributed by atoms with E-state index in [1.165, 1.54) is 12.1 Å². The molecule has 2 aromatic rings.